The van der Waals surface area contributed by atoms with E-state index in [1.165, 1.54) is 29.7 Å². The molecule has 1 fully saturated rings. The number of fused-ring (bicyclic) bond motifs is 1. The lowest BCUT2D eigenvalue weighted by molar-refractivity contribution is -0.272. The van der Waals surface area contributed by atoms with Crippen LogP contribution in [0.1, 0.15) is 23.3 Å². The number of carbonyl (C=O) groups excluding carboxylic acids is 1. The molecule has 0 unspecified atom stereocenters. The molecular formula is C29H26F4N4O3S2. The second kappa shape index (κ2) is 12.3. The van der Waals surface area contributed by atoms with Gasteiger partial charge in [-0.1, -0.05) is 30.3 Å². The van der Waals surface area contributed by atoms with Crippen molar-refractivity contribution in [2.24, 2.45) is 0 Å². The van der Waals surface area contributed by atoms with E-state index in [9.17, 15) is 27.5 Å². The first-order valence-electron chi connectivity index (χ1n) is 13.0. The summed E-state index contributed by atoms with van der Waals surface area (Å²) in [5.41, 5.74) is -0.880. The fourth-order valence-corrected chi connectivity index (χ4v) is 5.94. The second-order valence-corrected chi connectivity index (χ2v) is 11.5. The molecule has 0 radical (unpaired) electrons. The van der Waals surface area contributed by atoms with Crippen LogP contribution < -0.4 is 15.4 Å². The molecule has 1 saturated heterocycles. The number of alkyl halides is 3. The average Bonchev–Trinajstić information content (AvgIpc) is 3.35. The number of pyridine rings is 1. The SMILES string of the molecule is O=C(Cc1ccccc1)NC(=S)Nc1ccc(Oc2ccnc3cc(CN4CCC(O)(C(F)(F)F)CC4)sc23)c(F)c1. The lowest BCUT2D eigenvalue weighted by atomic mass is 9.91. The van der Waals surface area contributed by atoms with E-state index in [0.29, 0.717) is 28.2 Å². The molecule has 7 nitrogen and oxygen atoms in total. The van der Waals surface area contributed by atoms with Gasteiger partial charge < -0.3 is 20.5 Å². The molecule has 4 aromatic rings. The van der Waals surface area contributed by atoms with Gasteiger partial charge in [0.25, 0.3) is 0 Å². The summed E-state index contributed by atoms with van der Waals surface area (Å²) in [6.07, 6.45) is -3.75. The van der Waals surface area contributed by atoms with Gasteiger partial charge in [0.1, 0.15) is 5.75 Å². The number of hydrogen-bond acceptors (Lipinski definition) is 7. The largest absolute Gasteiger partial charge is 0.453 e. The van der Waals surface area contributed by atoms with Gasteiger partial charge in [-0.25, -0.2) is 4.39 Å². The number of rotatable bonds is 7. The maximum atomic E-state index is 15.0. The van der Waals surface area contributed by atoms with Crippen molar-refractivity contribution in [3.05, 3.63) is 83.1 Å². The number of aromatic nitrogens is 1. The average molecular weight is 619 g/mol. The van der Waals surface area contributed by atoms with E-state index >= 15 is 0 Å². The van der Waals surface area contributed by atoms with E-state index in [1.807, 2.05) is 41.3 Å². The normalized spacial score (nSPS) is 15.4. The smallest absolute Gasteiger partial charge is 0.417 e. The minimum absolute atomic E-state index is 0.0303. The number of thiocarbonyl (C=S) groups is 1. The molecule has 5 rings (SSSR count). The summed E-state index contributed by atoms with van der Waals surface area (Å²) >= 11 is 6.54. The van der Waals surface area contributed by atoms with E-state index < -0.39 is 17.6 Å². The van der Waals surface area contributed by atoms with Gasteiger partial charge in [0.2, 0.25) is 5.91 Å². The molecule has 0 saturated carbocycles. The van der Waals surface area contributed by atoms with E-state index in [-0.39, 0.29) is 49.1 Å². The van der Waals surface area contributed by atoms with Gasteiger partial charge in [-0.05, 0) is 48.8 Å². The van der Waals surface area contributed by atoms with Gasteiger partial charge in [-0.15, -0.1) is 11.3 Å². The Morgan fingerprint density at radius 3 is 2.52 bits per heavy atom. The number of nitrogens with one attached hydrogen (secondary N) is 2. The number of amides is 1. The van der Waals surface area contributed by atoms with E-state index in [0.717, 1.165) is 10.4 Å². The van der Waals surface area contributed by atoms with Crippen LogP contribution in [0, 0.1) is 5.82 Å². The molecule has 0 bridgehead atoms. The Morgan fingerprint density at radius 1 is 1.10 bits per heavy atom. The standard InChI is InChI=1S/C29H26F4N4O3S2/c30-21-15-19(35-27(41)36-25(38)14-18-4-2-1-3-5-18)6-7-23(21)40-24-8-11-34-22-16-20(42-26(22)24)17-37-12-9-28(39,10-13-37)29(31,32)33/h1-8,11,15-16,39H,9-10,12-14,17H2,(H2,35,36,38,41). The molecule has 1 aliphatic rings. The molecule has 2 aromatic heterocycles. The summed E-state index contributed by atoms with van der Waals surface area (Å²) in [4.78, 5) is 19.3. The van der Waals surface area contributed by atoms with Crippen LogP contribution in [0.15, 0.2) is 66.9 Å². The number of carbonyl (C=O) groups is 1. The second-order valence-electron chi connectivity index (χ2n) is 9.95. The van der Waals surface area contributed by atoms with Crippen LogP contribution >= 0.6 is 23.6 Å². The van der Waals surface area contributed by atoms with Crippen LogP contribution in [-0.4, -0.2) is 50.9 Å². The third-order valence-corrected chi connectivity index (χ3v) is 8.21. The number of hydrogen-bond donors (Lipinski definition) is 3. The van der Waals surface area contributed by atoms with Crippen molar-refractivity contribution in [2.45, 2.75) is 37.6 Å². The molecule has 0 spiro atoms. The Hall–Kier alpha value is -3.65. The molecule has 2 aromatic carbocycles. The van der Waals surface area contributed by atoms with Crippen molar-refractivity contribution in [1.29, 1.82) is 0 Å². The van der Waals surface area contributed by atoms with E-state index in [2.05, 4.69) is 15.6 Å². The minimum Gasteiger partial charge on any atom is -0.453 e. The Bertz CT molecular complexity index is 1590. The predicted octanol–water partition coefficient (Wildman–Crippen LogP) is 6.17. The summed E-state index contributed by atoms with van der Waals surface area (Å²) in [5.74, 6) is -0.626. The number of piperidine rings is 1. The third-order valence-electron chi connectivity index (χ3n) is 6.89. The summed E-state index contributed by atoms with van der Waals surface area (Å²) in [5, 5.41) is 15.3. The summed E-state index contributed by atoms with van der Waals surface area (Å²) in [7, 11) is 0. The summed E-state index contributed by atoms with van der Waals surface area (Å²) in [6, 6.07) is 16.8. The molecule has 3 heterocycles. The van der Waals surface area contributed by atoms with Crippen LogP contribution in [0.3, 0.4) is 0 Å². The first kappa shape index (κ1) is 29.8. The van der Waals surface area contributed by atoms with E-state index in [1.54, 1.807) is 12.1 Å². The van der Waals surface area contributed by atoms with Gasteiger partial charge in [0, 0.05) is 48.5 Å². The highest BCUT2D eigenvalue weighted by Gasteiger charge is 2.54. The highest BCUT2D eigenvalue weighted by atomic mass is 32.1. The lowest BCUT2D eigenvalue weighted by Gasteiger charge is -2.38. The van der Waals surface area contributed by atoms with Gasteiger partial charge in [-0.3, -0.25) is 14.7 Å². The zero-order valence-corrected chi connectivity index (χ0v) is 23.7. The summed E-state index contributed by atoms with van der Waals surface area (Å²) in [6.45, 7) is 0.602. The van der Waals surface area contributed by atoms with E-state index in [4.69, 9.17) is 17.0 Å². The van der Waals surface area contributed by atoms with Gasteiger partial charge in [0.15, 0.2) is 22.3 Å². The monoisotopic (exact) mass is 618 g/mol. The molecule has 3 N–H and O–H groups in total. The Morgan fingerprint density at radius 2 is 1.83 bits per heavy atom. The number of aliphatic hydroxyl groups is 1. The number of nitrogens with zero attached hydrogens (tertiary/aromatic N) is 2. The molecule has 42 heavy (non-hydrogen) atoms. The van der Waals surface area contributed by atoms with Crippen molar-refractivity contribution in [3.8, 4) is 11.5 Å². The topological polar surface area (TPSA) is 86.7 Å². The van der Waals surface area contributed by atoms with Crippen molar-refractivity contribution in [1.82, 2.24) is 15.2 Å². The predicted molar refractivity (Wildman–Crippen MR) is 156 cm³/mol. The number of halogens is 4. The Kier molecular flexibility index (Phi) is 8.73. The highest BCUT2D eigenvalue weighted by Crippen LogP contribution is 2.40. The fourth-order valence-electron chi connectivity index (χ4n) is 4.60. The number of ether oxygens (including phenoxy) is 1. The van der Waals surface area contributed by atoms with Crippen LogP contribution in [0.4, 0.5) is 23.2 Å². The van der Waals surface area contributed by atoms with Crippen LogP contribution in [-0.2, 0) is 17.8 Å². The quantitative estimate of drug-likeness (QED) is 0.169. The first-order chi connectivity index (χ1) is 20.0. The molecule has 0 aliphatic carbocycles. The molecule has 220 valence electrons. The van der Waals surface area contributed by atoms with Crippen molar-refractivity contribution in [2.75, 3.05) is 18.4 Å². The third kappa shape index (κ3) is 7.04. The van der Waals surface area contributed by atoms with Gasteiger partial charge >= 0.3 is 6.18 Å². The lowest BCUT2D eigenvalue weighted by Crippen LogP contribution is -2.53. The molecule has 0 atom stereocenters. The molecule has 1 amide bonds. The van der Waals surface area contributed by atoms with Crippen molar-refractivity contribution >= 4 is 50.5 Å². The van der Waals surface area contributed by atoms with Gasteiger partial charge in [-0.2, -0.15) is 13.2 Å². The molecular weight excluding hydrogens is 592 g/mol. The maximum absolute atomic E-state index is 15.0. The number of likely N-dealkylation sites (tertiary alicyclic amines) is 1. The number of anilines is 1. The van der Waals surface area contributed by atoms with Gasteiger partial charge in [0.05, 0.1) is 16.6 Å². The zero-order chi connectivity index (χ0) is 29.9. The number of benzene rings is 2. The van der Waals surface area contributed by atoms with Crippen molar-refractivity contribution in [3.63, 3.8) is 0 Å². The first-order valence-corrected chi connectivity index (χ1v) is 14.2. The van der Waals surface area contributed by atoms with Crippen LogP contribution in [0.2, 0.25) is 0 Å². The van der Waals surface area contributed by atoms with Crippen LogP contribution in [0.25, 0.3) is 10.2 Å². The molecule has 13 heteroatoms. The Labute approximate surface area is 248 Å². The van der Waals surface area contributed by atoms with Crippen molar-refractivity contribution < 1.29 is 32.2 Å². The zero-order valence-electron chi connectivity index (χ0n) is 22.1. The Balaban J connectivity index is 1.20. The minimum atomic E-state index is -4.65. The molecule has 1 aliphatic heterocycles. The highest BCUT2D eigenvalue weighted by molar-refractivity contribution is 7.80. The maximum Gasteiger partial charge on any atom is 0.417 e. The number of thiophene rings is 1. The fraction of sp³-hybridized carbons (Fsp3) is 0.276. The summed E-state index contributed by atoms with van der Waals surface area (Å²) < 4.78 is 60.9. The van der Waals surface area contributed by atoms with Crippen LogP contribution in [0.5, 0.6) is 11.5 Å².